The van der Waals surface area contributed by atoms with Crippen LogP contribution in [0.1, 0.15) is 36.8 Å². The standard InChI is InChI=1S/C14H15F3O3/c15-14(16,17)10-6-4-9(5-7-10)13(12(19)20)8-2-1-3-11(13)18/h4-7,11,18H,1-3,8H2,(H,19,20)/t11-,13+/m0/s1. The Hall–Kier alpha value is -1.56. The fourth-order valence-corrected chi connectivity index (χ4v) is 2.82. The Labute approximate surface area is 114 Å². The van der Waals surface area contributed by atoms with Gasteiger partial charge in [0.05, 0.1) is 11.7 Å². The van der Waals surface area contributed by atoms with Crippen LogP contribution in [0.25, 0.3) is 0 Å². The van der Waals surface area contributed by atoms with Crippen LogP contribution in [0, 0.1) is 0 Å². The number of aliphatic hydroxyl groups excluding tert-OH is 1. The molecule has 1 aromatic carbocycles. The molecule has 1 saturated carbocycles. The fourth-order valence-electron chi connectivity index (χ4n) is 2.82. The molecule has 3 nitrogen and oxygen atoms in total. The van der Waals surface area contributed by atoms with Crippen molar-refractivity contribution in [3.63, 3.8) is 0 Å². The van der Waals surface area contributed by atoms with Crippen LogP contribution in [0.2, 0.25) is 0 Å². The molecule has 0 saturated heterocycles. The zero-order valence-electron chi connectivity index (χ0n) is 10.7. The Morgan fingerprint density at radius 2 is 1.80 bits per heavy atom. The number of benzene rings is 1. The highest BCUT2D eigenvalue weighted by atomic mass is 19.4. The average Bonchev–Trinajstić information content (AvgIpc) is 2.38. The van der Waals surface area contributed by atoms with Gasteiger partial charge in [-0.05, 0) is 30.5 Å². The Morgan fingerprint density at radius 3 is 2.25 bits per heavy atom. The lowest BCUT2D eigenvalue weighted by Gasteiger charge is -2.38. The molecule has 0 spiro atoms. The first-order chi connectivity index (χ1) is 9.28. The minimum absolute atomic E-state index is 0.227. The highest BCUT2D eigenvalue weighted by Gasteiger charge is 2.48. The van der Waals surface area contributed by atoms with Gasteiger partial charge in [0.2, 0.25) is 0 Å². The zero-order valence-corrected chi connectivity index (χ0v) is 10.7. The van der Waals surface area contributed by atoms with Gasteiger partial charge in [0, 0.05) is 0 Å². The summed E-state index contributed by atoms with van der Waals surface area (Å²) in [5.74, 6) is -1.19. The molecule has 0 amide bonds. The minimum atomic E-state index is -4.46. The van der Waals surface area contributed by atoms with E-state index < -0.39 is 29.2 Å². The first-order valence-corrected chi connectivity index (χ1v) is 6.37. The van der Waals surface area contributed by atoms with Crippen molar-refractivity contribution in [2.24, 2.45) is 0 Å². The van der Waals surface area contributed by atoms with E-state index in [-0.39, 0.29) is 12.0 Å². The van der Waals surface area contributed by atoms with E-state index in [1.807, 2.05) is 0 Å². The lowest BCUT2D eigenvalue weighted by molar-refractivity contribution is -0.151. The molecule has 2 N–H and O–H groups in total. The lowest BCUT2D eigenvalue weighted by Crippen LogP contribution is -2.48. The predicted molar refractivity (Wildman–Crippen MR) is 65.2 cm³/mol. The third kappa shape index (κ3) is 2.40. The van der Waals surface area contributed by atoms with Gasteiger partial charge in [0.1, 0.15) is 5.41 Å². The van der Waals surface area contributed by atoms with Crippen LogP contribution in [0.3, 0.4) is 0 Å². The number of aliphatic hydroxyl groups is 1. The van der Waals surface area contributed by atoms with Gasteiger partial charge in [-0.25, -0.2) is 0 Å². The van der Waals surface area contributed by atoms with Crippen molar-refractivity contribution in [2.45, 2.75) is 43.4 Å². The molecule has 6 heteroatoms. The average molecular weight is 288 g/mol. The Balaban J connectivity index is 2.43. The largest absolute Gasteiger partial charge is 0.481 e. The van der Waals surface area contributed by atoms with Crippen molar-refractivity contribution in [1.29, 1.82) is 0 Å². The normalized spacial score (nSPS) is 27.3. The maximum absolute atomic E-state index is 12.5. The number of hydrogen-bond acceptors (Lipinski definition) is 2. The Kier molecular flexibility index (Phi) is 3.77. The van der Waals surface area contributed by atoms with Crippen molar-refractivity contribution < 1.29 is 28.2 Å². The van der Waals surface area contributed by atoms with Crippen molar-refractivity contribution in [2.75, 3.05) is 0 Å². The van der Waals surface area contributed by atoms with Crippen LogP contribution in [-0.4, -0.2) is 22.3 Å². The summed E-state index contributed by atoms with van der Waals surface area (Å²) in [6.07, 6.45) is -3.62. The fraction of sp³-hybridized carbons (Fsp3) is 0.500. The van der Waals surface area contributed by atoms with E-state index in [1.54, 1.807) is 0 Å². The predicted octanol–water partition coefficient (Wildman–Crippen LogP) is 2.96. The van der Waals surface area contributed by atoms with Gasteiger partial charge in [0.25, 0.3) is 0 Å². The molecule has 1 aliphatic carbocycles. The second-order valence-corrected chi connectivity index (χ2v) is 5.11. The molecule has 1 fully saturated rings. The molecule has 0 aromatic heterocycles. The SMILES string of the molecule is O=C(O)[C@@]1(c2ccc(C(F)(F)F)cc2)CCCC[C@@H]1O. The van der Waals surface area contributed by atoms with E-state index >= 15 is 0 Å². The molecule has 2 rings (SSSR count). The number of halogens is 3. The maximum Gasteiger partial charge on any atom is 0.416 e. The molecule has 2 atom stereocenters. The van der Waals surface area contributed by atoms with Gasteiger partial charge < -0.3 is 10.2 Å². The van der Waals surface area contributed by atoms with E-state index in [1.165, 1.54) is 0 Å². The van der Waals surface area contributed by atoms with Gasteiger partial charge in [-0.1, -0.05) is 25.0 Å². The van der Waals surface area contributed by atoms with Gasteiger partial charge in [-0.15, -0.1) is 0 Å². The van der Waals surface area contributed by atoms with Crippen molar-refractivity contribution in [3.8, 4) is 0 Å². The number of aliphatic carboxylic acids is 1. The highest BCUT2D eigenvalue weighted by molar-refractivity contribution is 5.82. The van der Waals surface area contributed by atoms with Crippen LogP contribution in [-0.2, 0) is 16.4 Å². The van der Waals surface area contributed by atoms with Crippen molar-refractivity contribution in [3.05, 3.63) is 35.4 Å². The van der Waals surface area contributed by atoms with Crippen LogP contribution < -0.4 is 0 Å². The molecule has 0 heterocycles. The second kappa shape index (κ2) is 5.09. The number of carboxylic acids is 1. The molecule has 110 valence electrons. The topological polar surface area (TPSA) is 57.5 Å². The number of carboxylic acid groups (broad SMARTS) is 1. The maximum atomic E-state index is 12.5. The molecule has 0 aliphatic heterocycles. The van der Waals surface area contributed by atoms with Crippen LogP contribution in [0.4, 0.5) is 13.2 Å². The molecule has 20 heavy (non-hydrogen) atoms. The van der Waals surface area contributed by atoms with Crippen LogP contribution in [0.5, 0.6) is 0 Å². The smallest absolute Gasteiger partial charge is 0.416 e. The summed E-state index contributed by atoms with van der Waals surface area (Å²) in [5.41, 5.74) is -2.10. The molecule has 0 bridgehead atoms. The Morgan fingerprint density at radius 1 is 1.20 bits per heavy atom. The number of carbonyl (C=O) groups is 1. The summed E-state index contributed by atoms with van der Waals surface area (Å²) < 4.78 is 37.6. The van der Waals surface area contributed by atoms with E-state index in [0.29, 0.717) is 12.8 Å². The summed E-state index contributed by atoms with van der Waals surface area (Å²) in [6.45, 7) is 0. The number of hydrogen-bond donors (Lipinski definition) is 2. The van der Waals surface area contributed by atoms with E-state index in [2.05, 4.69) is 0 Å². The minimum Gasteiger partial charge on any atom is -0.481 e. The van der Waals surface area contributed by atoms with Gasteiger partial charge in [-0.2, -0.15) is 13.2 Å². The van der Waals surface area contributed by atoms with Crippen molar-refractivity contribution in [1.82, 2.24) is 0 Å². The Bertz CT molecular complexity index is 495. The summed E-state index contributed by atoms with van der Waals surface area (Å²) in [4.78, 5) is 11.6. The first kappa shape index (κ1) is 14.8. The van der Waals surface area contributed by atoms with E-state index in [0.717, 1.165) is 30.7 Å². The number of alkyl halides is 3. The molecule has 1 aromatic rings. The summed E-state index contributed by atoms with van der Waals surface area (Å²) >= 11 is 0. The van der Waals surface area contributed by atoms with Crippen LogP contribution in [0.15, 0.2) is 24.3 Å². The molecule has 0 unspecified atom stereocenters. The first-order valence-electron chi connectivity index (χ1n) is 6.37. The second-order valence-electron chi connectivity index (χ2n) is 5.11. The van der Waals surface area contributed by atoms with E-state index in [4.69, 9.17) is 0 Å². The van der Waals surface area contributed by atoms with E-state index in [9.17, 15) is 28.2 Å². The molecular weight excluding hydrogens is 273 g/mol. The third-order valence-corrected chi connectivity index (χ3v) is 3.98. The van der Waals surface area contributed by atoms with Gasteiger partial charge >= 0.3 is 12.1 Å². The van der Waals surface area contributed by atoms with Gasteiger partial charge in [-0.3, -0.25) is 4.79 Å². The summed E-state index contributed by atoms with van der Waals surface area (Å²) in [7, 11) is 0. The number of rotatable bonds is 2. The summed E-state index contributed by atoms with van der Waals surface area (Å²) in [5, 5.41) is 19.5. The molecule has 0 radical (unpaired) electrons. The quantitative estimate of drug-likeness (QED) is 0.879. The molecular formula is C14H15F3O3. The molecule has 1 aliphatic rings. The lowest BCUT2D eigenvalue weighted by atomic mass is 9.67. The zero-order chi connectivity index (χ0) is 15.0. The third-order valence-electron chi connectivity index (χ3n) is 3.98. The highest BCUT2D eigenvalue weighted by Crippen LogP contribution is 2.41. The van der Waals surface area contributed by atoms with Crippen LogP contribution >= 0.6 is 0 Å². The van der Waals surface area contributed by atoms with Crippen molar-refractivity contribution >= 4 is 5.97 Å². The summed E-state index contributed by atoms with van der Waals surface area (Å²) in [6, 6.07) is 4.04. The van der Waals surface area contributed by atoms with Gasteiger partial charge in [0.15, 0.2) is 0 Å². The monoisotopic (exact) mass is 288 g/mol.